The molecule has 2 nitrogen and oxygen atoms in total. The number of ether oxygens (including phenoxy) is 1. The molecule has 0 aliphatic rings. The van der Waals surface area contributed by atoms with E-state index in [1.54, 1.807) is 0 Å². The lowest BCUT2D eigenvalue weighted by Crippen LogP contribution is -2.16. The van der Waals surface area contributed by atoms with Gasteiger partial charge in [-0.15, -0.1) is 0 Å². The zero-order chi connectivity index (χ0) is 13.7. The lowest BCUT2D eigenvalue weighted by Gasteiger charge is -2.17. The fraction of sp³-hybridized carbons (Fsp3) is 0.250. The highest BCUT2D eigenvalue weighted by Crippen LogP contribution is 2.22. The molecule has 0 fully saturated rings. The lowest BCUT2D eigenvalue weighted by molar-refractivity contribution is 0.0453. The molecule has 2 rings (SSSR count). The van der Waals surface area contributed by atoms with Crippen LogP contribution >= 0.6 is 15.9 Å². The molecule has 0 saturated carbocycles. The van der Waals surface area contributed by atoms with Gasteiger partial charge in [0.15, 0.2) is 0 Å². The van der Waals surface area contributed by atoms with Crippen molar-refractivity contribution in [1.29, 1.82) is 0 Å². The van der Waals surface area contributed by atoms with Crippen molar-refractivity contribution in [2.45, 2.75) is 19.6 Å². The summed E-state index contributed by atoms with van der Waals surface area (Å²) in [6.45, 7) is 3.11. The van der Waals surface area contributed by atoms with E-state index in [0.29, 0.717) is 13.2 Å². The SMILES string of the molecule is Cc1cccc(C(CN)OCc2ccccc2Br)c1. The number of hydrogen-bond acceptors (Lipinski definition) is 2. The number of rotatable bonds is 5. The van der Waals surface area contributed by atoms with Crippen LogP contribution in [0.3, 0.4) is 0 Å². The molecule has 0 radical (unpaired) electrons. The highest BCUT2D eigenvalue weighted by atomic mass is 79.9. The van der Waals surface area contributed by atoms with E-state index in [-0.39, 0.29) is 6.10 Å². The minimum absolute atomic E-state index is 0.0630. The molecular weight excluding hydrogens is 302 g/mol. The molecule has 2 N–H and O–H groups in total. The molecule has 0 saturated heterocycles. The van der Waals surface area contributed by atoms with Crippen LogP contribution in [0.4, 0.5) is 0 Å². The van der Waals surface area contributed by atoms with Crippen LogP contribution in [0.1, 0.15) is 22.8 Å². The number of hydrogen-bond donors (Lipinski definition) is 1. The minimum atomic E-state index is -0.0630. The molecule has 0 aromatic heterocycles. The van der Waals surface area contributed by atoms with Crippen molar-refractivity contribution in [3.8, 4) is 0 Å². The Kier molecular flexibility index (Phi) is 5.14. The van der Waals surface area contributed by atoms with Crippen LogP contribution in [-0.2, 0) is 11.3 Å². The van der Waals surface area contributed by atoms with E-state index in [2.05, 4.69) is 41.1 Å². The minimum Gasteiger partial charge on any atom is -0.367 e. The Hall–Kier alpha value is -1.16. The van der Waals surface area contributed by atoms with Gasteiger partial charge in [0.2, 0.25) is 0 Å². The number of nitrogens with two attached hydrogens (primary N) is 1. The molecule has 0 spiro atoms. The number of benzene rings is 2. The summed E-state index contributed by atoms with van der Waals surface area (Å²) in [6, 6.07) is 16.4. The third-order valence-corrected chi connectivity index (χ3v) is 3.80. The Morgan fingerprint density at radius 1 is 1.16 bits per heavy atom. The second-order valence-corrected chi connectivity index (χ2v) is 5.40. The molecule has 0 bridgehead atoms. The van der Waals surface area contributed by atoms with E-state index >= 15 is 0 Å². The average molecular weight is 320 g/mol. The zero-order valence-corrected chi connectivity index (χ0v) is 12.6. The van der Waals surface area contributed by atoms with Crippen molar-refractivity contribution in [3.05, 3.63) is 69.7 Å². The van der Waals surface area contributed by atoms with E-state index < -0.39 is 0 Å². The Bertz CT molecular complexity index is 542. The molecule has 2 aromatic rings. The zero-order valence-electron chi connectivity index (χ0n) is 11.0. The van der Waals surface area contributed by atoms with Crippen molar-refractivity contribution in [3.63, 3.8) is 0 Å². The number of halogens is 1. The summed E-state index contributed by atoms with van der Waals surface area (Å²) < 4.78 is 7.01. The van der Waals surface area contributed by atoms with E-state index in [0.717, 1.165) is 15.6 Å². The predicted molar refractivity (Wildman–Crippen MR) is 81.9 cm³/mol. The maximum absolute atomic E-state index is 5.94. The summed E-state index contributed by atoms with van der Waals surface area (Å²) in [7, 11) is 0. The van der Waals surface area contributed by atoms with Gasteiger partial charge in [-0.2, -0.15) is 0 Å². The normalized spacial score (nSPS) is 12.4. The van der Waals surface area contributed by atoms with Crippen molar-refractivity contribution in [1.82, 2.24) is 0 Å². The molecule has 100 valence electrons. The van der Waals surface area contributed by atoms with Gasteiger partial charge in [0.25, 0.3) is 0 Å². The molecule has 3 heteroatoms. The molecule has 0 aliphatic carbocycles. The van der Waals surface area contributed by atoms with Gasteiger partial charge in [-0.25, -0.2) is 0 Å². The maximum Gasteiger partial charge on any atom is 0.0951 e. The van der Waals surface area contributed by atoms with Crippen LogP contribution < -0.4 is 5.73 Å². The molecule has 0 heterocycles. The topological polar surface area (TPSA) is 35.2 Å². The molecule has 19 heavy (non-hydrogen) atoms. The monoisotopic (exact) mass is 319 g/mol. The van der Waals surface area contributed by atoms with Gasteiger partial charge in [0.1, 0.15) is 0 Å². The summed E-state index contributed by atoms with van der Waals surface area (Å²) in [5, 5.41) is 0. The second kappa shape index (κ2) is 6.85. The first kappa shape index (κ1) is 14.3. The molecule has 2 aromatic carbocycles. The average Bonchev–Trinajstić information content (AvgIpc) is 2.41. The molecule has 1 unspecified atom stereocenters. The van der Waals surface area contributed by atoms with Crippen LogP contribution in [0, 0.1) is 6.92 Å². The molecular formula is C16H18BrNO. The summed E-state index contributed by atoms with van der Waals surface area (Å²) in [5.41, 5.74) is 9.31. The van der Waals surface area contributed by atoms with Crippen LogP contribution in [0.2, 0.25) is 0 Å². The van der Waals surface area contributed by atoms with Gasteiger partial charge in [-0.1, -0.05) is 64.0 Å². The lowest BCUT2D eigenvalue weighted by atomic mass is 10.1. The molecule has 0 aliphatic heterocycles. The first-order valence-corrected chi connectivity index (χ1v) is 7.11. The first-order chi connectivity index (χ1) is 9.20. The summed E-state index contributed by atoms with van der Waals surface area (Å²) in [5.74, 6) is 0. The maximum atomic E-state index is 5.94. The van der Waals surface area contributed by atoms with Gasteiger partial charge in [0, 0.05) is 11.0 Å². The Labute approximate surface area is 122 Å². The highest BCUT2D eigenvalue weighted by Gasteiger charge is 2.11. The van der Waals surface area contributed by atoms with Crippen LogP contribution in [0.5, 0.6) is 0 Å². The van der Waals surface area contributed by atoms with E-state index in [4.69, 9.17) is 10.5 Å². The van der Waals surface area contributed by atoms with Crippen LogP contribution in [0.15, 0.2) is 53.0 Å². The Morgan fingerprint density at radius 3 is 2.63 bits per heavy atom. The van der Waals surface area contributed by atoms with Crippen LogP contribution in [0.25, 0.3) is 0 Å². The fourth-order valence-electron chi connectivity index (χ4n) is 1.98. The third kappa shape index (κ3) is 3.90. The van der Waals surface area contributed by atoms with E-state index in [9.17, 15) is 0 Å². The smallest absolute Gasteiger partial charge is 0.0951 e. The summed E-state index contributed by atoms with van der Waals surface area (Å²) >= 11 is 3.52. The van der Waals surface area contributed by atoms with Gasteiger partial charge < -0.3 is 10.5 Å². The third-order valence-electron chi connectivity index (χ3n) is 3.03. The standard InChI is InChI=1S/C16H18BrNO/c1-12-5-4-7-13(9-12)16(10-18)19-11-14-6-2-3-8-15(14)17/h2-9,16H,10-11,18H2,1H3. The van der Waals surface area contributed by atoms with Gasteiger partial charge in [-0.05, 0) is 24.1 Å². The Morgan fingerprint density at radius 2 is 1.95 bits per heavy atom. The Balaban J connectivity index is 2.06. The van der Waals surface area contributed by atoms with Gasteiger partial charge >= 0.3 is 0 Å². The van der Waals surface area contributed by atoms with Crippen molar-refractivity contribution >= 4 is 15.9 Å². The van der Waals surface area contributed by atoms with Crippen molar-refractivity contribution in [2.24, 2.45) is 5.73 Å². The largest absolute Gasteiger partial charge is 0.367 e. The second-order valence-electron chi connectivity index (χ2n) is 4.54. The molecule has 0 amide bonds. The van der Waals surface area contributed by atoms with Crippen LogP contribution in [-0.4, -0.2) is 6.54 Å². The van der Waals surface area contributed by atoms with E-state index in [1.165, 1.54) is 5.56 Å². The predicted octanol–water partition coefficient (Wildman–Crippen LogP) is 3.97. The fourth-order valence-corrected chi connectivity index (χ4v) is 2.38. The summed E-state index contributed by atoms with van der Waals surface area (Å²) in [4.78, 5) is 0. The molecule has 1 atom stereocenters. The summed E-state index contributed by atoms with van der Waals surface area (Å²) in [6.07, 6.45) is -0.0630. The van der Waals surface area contributed by atoms with E-state index in [1.807, 2.05) is 30.3 Å². The highest BCUT2D eigenvalue weighted by molar-refractivity contribution is 9.10. The first-order valence-electron chi connectivity index (χ1n) is 6.32. The van der Waals surface area contributed by atoms with Crippen molar-refractivity contribution < 1.29 is 4.74 Å². The van der Waals surface area contributed by atoms with Crippen molar-refractivity contribution in [2.75, 3.05) is 6.54 Å². The van der Waals surface area contributed by atoms with Gasteiger partial charge in [-0.3, -0.25) is 0 Å². The number of aryl methyl sites for hydroxylation is 1. The quantitative estimate of drug-likeness (QED) is 0.904. The van der Waals surface area contributed by atoms with Gasteiger partial charge in [0.05, 0.1) is 12.7 Å².